The fraction of sp³-hybridized carbons (Fsp3) is 0.468. The highest BCUT2D eigenvalue weighted by Crippen LogP contribution is 2.22. The van der Waals surface area contributed by atoms with E-state index in [2.05, 4.69) is 205 Å². The van der Waals surface area contributed by atoms with Gasteiger partial charge in [-0.15, -0.1) is 0 Å². The first-order valence-corrected chi connectivity index (χ1v) is 18.6. The molecule has 0 atom stereocenters. The fourth-order valence-corrected chi connectivity index (χ4v) is 4.50. The summed E-state index contributed by atoms with van der Waals surface area (Å²) < 4.78 is 1.97. The minimum atomic E-state index is 0.119. The zero-order valence-corrected chi connectivity index (χ0v) is 35.3. The van der Waals surface area contributed by atoms with E-state index in [1.807, 2.05) is 30.2 Å². The maximum absolute atomic E-state index is 4.28. The number of aromatic nitrogens is 4. The zero-order chi connectivity index (χ0) is 38.9. The Morgan fingerprint density at radius 3 is 1.45 bits per heavy atom. The van der Waals surface area contributed by atoms with Crippen molar-refractivity contribution in [3.63, 3.8) is 0 Å². The molecule has 0 radical (unpaired) electrons. The Morgan fingerprint density at radius 1 is 0.510 bits per heavy atom. The molecule has 278 valence electrons. The molecule has 3 aromatic heterocycles. The lowest BCUT2D eigenvalue weighted by atomic mass is 9.87. The average Bonchev–Trinajstić information content (AvgIpc) is 3.50. The summed E-state index contributed by atoms with van der Waals surface area (Å²) in [6.07, 6.45) is 7.79. The second-order valence-electron chi connectivity index (χ2n) is 16.6. The number of rotatable bonds is 3. The van der Waals surface area contributed by atoms with Gasteiger partial charge < -0.3 is 0 Å². The van der Waals surface area contributed by atoms with Crippen LogP contribution in [0.2, 0.25) is 0 Å². The van der Waals surface area contributed by atoms with Crippen LogP contribution in [0.3, 0.4) is 0 Å². The monoisotopic (exact) mass is 691 g/mol. The van der Waals surface area contributed by atoms with Crippen molar-refractivity contribution >= 4 is 0 Å². The molecule has 0 spiro atoms. The normalized spacial score (nSPS) is 11.0. The van der Waals surface area contributed by atoms with Gasteiger partial charge in [-0.2, -0.15) is 5.10 Å². The van der Waals surface area contributed by atoms with Gasteiger partial charge in [0.1, 0.15) is 0 Å². The molecule has 0 bridgehead atoms. The van der Waals surface area contributed by atoms with Gasteiger partial charge in [0.05, 0.1) is 11.7 Å². The highest BCUT2D eigenvalue weighted by atomic mass is 15.3. The van der Waals surface area contributed by atoms with Crippen LogP contribution in [0.4, 0.5) is 0 Å². The summed E-state index contributed by atoms with van der Waals surface area (Å²) in [7, 11) is 0. The van der Waals surface area contributed by atoms with Gasteiger partial charge in [0.25, 0.3) is 0 Å². The summed E-state index contributed by atoms with van der Waals surface area (Å²) in [5.74, 6) is 1.79. The van der Waals surface area contributed by atoms with E-state index < -0.39 is 0 Å². The first kappa shape index (κ1) is 45.0. The van der Waals surface area contributed by atoms with Gasteiger partial charge >= 0.3 is 0 Å². The van der Waals surface area contributed by atoms with Crippen LogP contribution in [0.25, 0.3) is 0 Å². The van der Waals surface area contributed by atoms with Gasteiger partial charge in [0.15, 0.2) is 0 Å². The van der Waals surface area contributed by atoms with Crippen LogP contribution in [0.1, 0.15) is 151 Å². The molecular weight excluding hydrogens is 621 g/mol. The topological polar surface area (TPSA) is 43.6 Å². The molecular formula is C47H70N4. The van der Waals surface area contributed by atoms with E-state index in [4.69, 9.17) is 0 Å². The van der Waals surface area contributed by atoms with Crippen molar-refractivity contribution in [3.8, 4) is 0 Å². The Kier molecular flexibility index (Phi) is 18.8. The molecule has 4 heteroatoms. The van der Waals surface area contributed by atoms with Gasteiger partial charge in [-0.25, -0.2) is 0 Å². The molecule has 3 heterocycles. The Labute approximate surface area is 313 Å². The quantitative estimate of drug-likeness (QED) is 0.189. The molecule has 5 rings (SSSR count). The third kappa shape index (κ3) is 18.7. The molecule has 0 unspecified atom stereocenters. The van der Waals surface area contributed by atoms with Crippen molar-refractivity contribution in [1.29, 1.82) is 0 Å². The van der Waals surface area contributed by atoms with Crippen LogP contribution in [-0.2, 0) is 11.0 Å². The lowest BCUT2D eigenvalue weighted by molar-refractivity contribution is 0.355. The smallest absolute Gasteiger partial charge is 0.0543 e. The molecule has 2 aromatic carbocycles. The second kappa shape index (κ2) is 21.3. The highest BCUT2D eigenvalue weighted by Gasteiger charge is 2.13. The van der Waals surface area contributed by atoms with Gasteiger partial charge in [-0.3, -0.25) is 14.6 Å². The number of aryl methyl sites for hydroxylation is 5. The molecule has 0 aliphatic carbocycles. The van der Waals surface area contributed by atoms with Crippen LogP contribution in [0.5, 0.6) is 0 Å². The predicted octanol–water partition coefficient (Wildman–Crippen LogP) is 13.4. The molecule has 0 N–H and O–H groups in total. The standard InChI is InChI=1S/C11H16.C10H14.2C9H13N.C8H14N2/c1-9-5-7-10(8-6-9)11(2,3)4;1-8(2)10-6-4-5-9(3)7-10;1-7(2)9-5-4-8(3)10-6-9;1-7(2)9-5-4-8(3)6-10-9;1-7-5-9-10(6-7)8(2,3)4/h5-8H,1-4H3;4-8H,1-3H3;2*4-7H,1-3H3;5-6H,1-4H3. The van der Waals surface area contributed by atoms with Crippen molar-refractivity contribution in [1.82, 2.24) is 19.7 Å². The van der Waals surface area contributed by atoms with E-state index in [1.165, 1.54) is 44.6 Å². The molecule has 4 nitrogen and oxygen atoms in total. The van der Waals surface area contributed by atoms with E-state index in [0.717, 1.165) is 5.69 Å². The van der Waals surface area contributed by atoms with Crippen molar-refractivity contribution in [3.05, 3.63) is 148 Å². The van der Waals surface area contributed by atoms with Crippen molar-refractivity contribution in [2.75, 3.05) is 0 Å². The van der Waals surface area contributed by atoms with E-state index in [0.29, 0.717) is 17.8 Å². The van der Waals surface area contributed by atoms with Crippen LogP contribution >= 0.6 is 0 Å². The first-order valence-electron chi connectivity index (χ1n) is 18.6. The van der Waals surface area contributed by atoms with Crippen molar-refractivity contribution < 1.29 is 0 Å². The summed E-state index contributed by atoms with van der Waals surface area (Å²) in [6.45, 7) is 36.6. The predicted molar refractivity (Wildman–Crippen MR) is 223 cm³/mol. The van der Waals surface area contributed by atoms with Crippen molar-refractivity contribution in [2.24, 2.45) is 0 Å². The number of hydrogen-bond acceptors (Lipinski definition) is 3. The first-order chi connectivity index (χ1) is 23.6. The highest BCUT2D eigenvalue weighted by molar-refractivity contribution is 5.27. The third-order valence-electron chi connectivity index (χ3n) is 8.15. The van der Waals surface area contributed by atoms with Crippen LogP contribution in [0, 0.1) is 34.6 Å². The molecule has 0 amide bonds. The van der Waals surface area contributed by atoms with Crippen LogP contribution in [0.15, 0.2) is 97.6 Å². The van der Waals surface area contributed by atoms with Crippen LogP contribution < -0.4 is 0 Å². The van der Waals surface area contributed by atoms with E-state index >= 15 is 0 Å². The Balaban J connectivity index is 0.000000319. The van der Waals surface area contributed by atoms with Gasteiger partial charge in [0, 0.05) is 30.0 Å². The summed E-state index contributed by atoms with van der Waals surface area (Å²) in [5.41, 5.74) is 11.9. The van der Waals surface area contributed by atoms with Gasteiger partial charge in [-0.05, 0) is 119 Å². The van der Waals surface area contributed by atoms with Gasteiger partial charge in [0.2, 0.25) is 0 Å². The Morgan fingerprint density at radius 2 is 1.10 bits per heavy atom. The molecule has 0 saturated carbocycles. The maximum atomic E-state index is 4.28. The number of hydrogen-bond donors (Lipinski definition) is 0. The van der Waals surface area contributed by atoms with Gasteiger partial charge in [-0.1, -0.05) is 134 Å². The average molecular weight is 691 g/mol. The zero-order valence-electron chi connectivity index (χ0n) is 35.3. The molecule has 0 aliphatic rings. The Hall–Kier alpha value is -4.05. The van der Waals surface area contributed by atoms with E-state index in [9.17, 15) is 0 Å². The van der Waals surface area contributed by atoms with Crippen LogP contribution in [-0.4, -0.2) is 19.7 Å². The Bertz CT molecular complexity index is 1590. The molecule has 0 fully saturated rings. The molecule has 0 aliphatic heterocycles. The largest absolute Gasteiger partial charge is 0.267 e. The summed E-state index contributed by atoms with van der Waals surface area (Å²) >= 11 is 0. The lowest BCUT2D eigenvalue weighted by Gasteiger charge is -2.18. The van der Waals surface area contributed by atoms with Crippen molar-refractivity contribution in [2.45, 2.75) is 146 Å². The summed E-state index contributed by atoms with van der Waals surface area (Å²) in [5, 5.41) is 4.20. The molecule has 5 aromatic rings. The fourth-order valence-electron chi connectivity index (χ4n) is 4.50. The lowest BCUT2D eigenvalue weighted by Crippen LogP contribution is -2.21. The summed E-state index contributed by atoms with van der Waals surface area (Å²) in [6, 6.07) is 25.8. The third-order valence-corrected chi connectivity index (χ3v) is 8.15. The summed E-state index contributed by atoms with van der Waals surface area (Å²) in [4.78, 5) is 8.48. The number of pyridine rings is 2. The molecule has 51 heavy (non-hydrogen) atoms. The number of benzene rings is 2. The van der Waals surface area contributed by atoms with E-state index in [-0.39, 0.29) is 11.0 Å². The minimum Gasteiger partial charge on any atom is -0.267 e. The minimum absolute atomic E-state index is 0.119. The second-order valence-corrected chi connectivity index (χ2v) is 16.6. The maximum Gasteiger partial charge on any atom is 0.0543 e. The van der Waals surface area contributed by atoms with E-state index in [1.54, 1.807) is 0 Å². The SMILES string of the molecule is Cc1ccc(C(C)(C)C)cc1.Cc1ccc(C(C)C)cn1.Cc1ccc(C(C)C)nc1.Cc1cccc(C(C)C)c1.Cc1cnn(C(C)(C)C)c1. The number of nitrogens with zero attached hydrogens (tertiary/aromatic N) is 4. The molecule has 0 saturated heterocycles.